The molecule has 1 aromatic heterocycles. The van der Waals surface area contributed by atoms with Crippen LogP contribution in [-0.4, -0.2) is 31.7 Å². The van der Waals surface area contributed by atoms with Crippen LogP contribution in [0.3, 0.4) is 0 Å². The minimum Gasteiger partial charge on any atom is -0.465 e. The summed E-state index contributed by atoms with van der Waals surface area (Å²) in [6.45, 7) is 6.58. The fraction of sp³-hybridized carbons (Fsp3) is 0.467. The van der Waals surface area contributed by atoms with E-state index in [1.165, 1.54) is 21.0 Å². The van der Waals surface area contributed by atoms with E-state index >= 15 is 0 Å². The summed E-state index contributed by atoms with van der Waals surface area (Å²) in [7, 11) is 0. The van der Waals surface area contributed by atoms with Gasteiger partial charge >= 0.3 is 11.7 Å². The van der Waals surface area contributed by atoms with Gasteiger partial charge in [0.05, 0.1) is 13.2 Å². The second-order valence-electron chi connectivity index (χ2n) is 10.3. The molecule has 0 atom stereocenters. The molecule has 1 aliphatic carbocycles. The fourth-order valence-corrected chi connectivity index (χ4v) is 6.01. The number of carbonyl (C=O) groups is 1. The average Bonchev–Trinajstić information content (AvgIpc) is 3.43. The Bertz CT molecular complexity index is 1360. The quantitative estimate of drug-likeness (QED) is 0.249. The summed E-state index contributed by atoms with van der Waals surface area (Å²) in [5, 5.41) is 4.61. The van der Waals surface area contributed by atoms with Gasteiger partial charge in [0.2, 0.25) is 0 Å². The van der Waals surface area contributed by atoms with Crippen molar-refractivity contribution in [1.82, 2.24) is 14.3 Å². The number of aromatic nitrogens is 3. The second-order valence-corrected chi connectivity index (χ2v) is 12.0. The van der Waals surface area contributed by atoms with Crippen molar-refractivity contribution in [2.45, 2.75) is 87.9 Å². The second kappa shape index (κ2) is 12.6. The molecule has 3 aromatic rings. The molecule has 0 unspecified atom stereocenters. The highest BCUT2D eigenvalue weighted by molar-refractivity contribution is 8.01. The van der Waals surface area contributed by atoms with E-state index in [0.717, 1.165) is 48.1 Å². The highest BCUT2D eigenvalue weighted by atomic mass is 32.2. The van der Waals surface area contributed by atoms with Crippen molar-refractivity contribution in [3.05, 3.63) is 92.3 Å². The number of rotatable bonds is 11. The van der Waals surface area contributed by atoms with Crippen LogP contribution < -0.4 is 11.2 Å². The minimum atomic E-state index is -0.686. The van der Waals surface area contributed by atoms with E-state index in [9.17, 15) is 14.4 Å². The lowest BCUT2D eigenvalue weighted by atomic mass is 10.0. The summed E-state index contributed by atoms with van der Waals surface area (Å²) >= 11 is 1.48. The van der Waals surface area contributed by atoms with Crippen molar-refractivity contribution in [1.29, 1.82) is 0 Å². The van der Waals surface area contributed by atoms with Crippen LogP contribution >= 0.6 is 11.8 Å². The maximum Gasteiger partial charge on any atom is 0.347 e. The molecule has 4 rings (SSSR count). The standard InChI is InChI=1S/C30H37N3O4S/c1-4-37-28(35)30(2,3)38-25-18-10-14-22(20-25)15-11-19-33-29(36)32(21-23-12-6-5-7-13-23)27(34)26(31-33)24-16-8-9-17-24/h5-7,10,12-14,18,20,24H,4,8-9,11,15-17,19,21H2,1-3H3. The Morgan fingerprint density at radius 1 is 1.05 bits per heavy atom. The Balaban J connectivity index is 1.51. The molecule has 38 heavy (non-hydrogen) atoms. The van der Waals surface area contributed by atoms with Crippen LogP contribution in [0.2, 0.25) is 0 Å². The number of aryl methyl sites for hydroxylation is 2. The first-order valence-corrected chi connectivity index (χ1v) is 14.3. The molecule has 0 aliphatic heterocycles. The lowest BCUT2D eigenvalue weighted by molar-refractivity contribution is -0.145. The average molecular weight is 536 g/mol. The summed E-state index contributed by atoms with van der Waals surface area (Å²) in [5.74, 6) is -0.114. The third-order valence-corrected chi connectivity index (χ3v) is 8.11. The molecule has 2 aromatic carbocycles. The molecule has 0 bridgehead atoms. The van der Waals surface area contributed by atoms with Gasteiger partial charge in [-0.15, -0.1) is 11.8 Å². The van der Waals surface area contributed by atoms with Crippen molar-refractivity contribution < 1.29 is 9.53 Å². The maximum atomic E-state index is 13.3. The fourth-order valence-electron chi connectivity index (χ4n) is 4.93. The molecule has 1 heterocycles. The van der Waals surface area contributed by atoms with Gasteiger partial charge in [0.15, 0.2) is 0 Å². The zero-order chi connectivity index (χ0) is 27.1. The molecule has 1 aliphatic rings. The Labute approximate surface area is 228 Å². The summed E-state index contributed by atoms with van der Waals surface area (Å²) in [6, 6.07) is 17.7. The van der Waals surface area contributed by atoms with Gasteiger partial charge in [-0.25, -0.2) is 9.48 Å². The zero-order valence-corrected chi connectivity index (χ0v) is 23.3. The molecule has 1 saturated carbocycles. The molecule has 8 heteroatoms. The summed E-state index contributed by atoms with van der Waals surface area (Å²) in [4.78, 5) is 40.0. The van der Waals surface area contributed by atoms with Crippen molar-refractivity contribution in [3.8, 4) is 0 Å². The highest BCUT2D eigenvalue weighted by Gasteiger charge is 2.30. The van der Waals surface area contributed by atoms with E-state index < -0.39 is 4.75 Å². The summed E-state index contributed by atoms with van der Waals surface area (Å²) in [6.07, 6.45) is 5.52. The van der Waals surface area contributed by atoms with Gasteiger partial charge in [-0.2, -0.15) is 5.10 Å². The molecular weight excluding hydrogens is 498 g/mol. The Morgan fingerprint density at radius 2 is 1.76 bits per heavy atom. The number of hydrogen-bond donors (Lipinski definition) is 0. The minimum absolute atomic E-state index is 0.118. The lowest BCUT2D eigenvalue weighted by Gasteiger charge is -2.21. The Kier molecular flexibility index (Phi) is 9.26. The number of thioether (sulfide) groups is 1. The molecule has 0 spiro atoms. The van der Waals surface area contributed by atoms with Crippen LogP contribution in [0, 0.1) is 0 Å². The number of nitrogens with zero attached hydrogens (tertiary/aromatic N) is 3. The predicted molar refractivity (Wildman–Crippen MR) is 151 cm³/mol. The van der Waals surface area contributed by atoms with Gasteiger partial charge in [0.25, 0.3) is 5.56 Å². The third-order valence-electron chi connectivity index (χ3n) is 6.94. The number of benzene rings is 2. The molecule has 0 N–H and O–H groups in total. The molecule has 0 radical (unpaired) electrons. The first-order chi connectivity index (χ1) is 18.3. The van der Waals surface area contributed by atoms with Gasteiger partial charge in [-0.3, -0.25) is 14.2 Å². The molecule has 0 saturated heterocycles. The molecule has 1 fully saturated rings. The number of ether oxygens (including phenoxy) is 1. The lowest BCUT2D eigenvalue weighted by Crippen LogP contribution is -2.44. The number of esters is 1. The van der Waals surface area contributed by atoms with Crippen molar-refractivity contribution >= 4 is 17.7 Å². The molecule has 202 valence electrons. The van der Waals surface area contributed by atoms with Crippen LogP contribution in [0.4, 0.5) is 0 Å². The number of hydrogen-bond acceptors (Lipinski definition) is 6. The summed E-state index contributed by atoms with van der Waals surface area (Å²) in [5.41, 5.74) is 1.95. The normalized spacial score (nSPS) is 14.1. The highest BCUT2D eigenvalue weighted by Crippen LogP contribution is 2.34. The van der Waals surface area contributed by atoms with E-state index in [1.54, 1.807) is 0 Å². The van der Waals surface area contributed by atoms with E-state index in [0.29, 0.717) is 25.3 Å². The molecule has 0 amide bonds. The maximum absolute atomic E-state index is 13.3. The van der Waals surface area contributed by atoms with Crippen LogP contribution in [0.15, 0.2) is 69.1 Å². The van der Waals surface area contributed by atoms with Gasteiger partial charge in [-0.05, 0) is 69.7 Å². The van der Waals surface area contributed by atoms with Gasteiger partial charge < -0.3 is 4.74 Å². The van der Waals surface area contributed by atoms with Crippen molar-refractivity contribution in [2.75, 3.05) is 6.61 Å². The van der Waals surface area contributed by atoms with Gasteiger partial charge in [-0.1, -0.05) is 55.3 Å². The van der Waals surface area contributed by atoms with Gasteiger partial charge in [0, 0.05) is 17.4 Å². The first kappa shape index (κ1) is 27.9. The smallest absolute Gasteiger partial charge is 0.347 e. The van der Waals surface area contributed by atoms with Crippen LogP contribution in [0.5, 0.6) is 0 Å². The Morgan fingerprint density at radius 3 is 2.47 bits per heavy atom. The zero-order valence-electron chi connectivity index (χ0n) is 22.5. The van der Waals surface area contributed by atoms with Crippen LogP contribution in [-0.2, 0) is 29.0 Å². The number of carbonyl (C=O) groups excluding carboxylic acids is 1. The van der Waals surface area contributed by atoms with E-state index in [4.69, 9.17) is 4.74 Å². The van der Waals surface area contributed by atoms with E-state index in [2.05, 4.69) is 17.2 Å². The SMILES string of the molecule is CCOC(=O)C(C)(C)Sc1cccc(CCCn2nc(C3CCCC3)c(=O)n(Cc3ccccc3)c2=O)c1. The van der Waals surface area contributed by atoms with Crippen molar-refractivity contribution in [2.24, 2.45) is 0 Å². The van der Waals surface area contributed by atoms with Crippen molar-refractivity contribution in [3.63, 3.8) is 0 Å². The monoisotopic (exact) mass is 535 g/mol. The molecule has 7 nitrogen and oxygen atoms in total. The summed E-state index contributed by atoms with van der Waals surface area (Å²) < 4.78 is 7.37. The largest absolute Gasteiger partial charge is 0.465 e. The topological polar surface area (TPSA) is 83.2 Å². The van der Waals surface area contributed by atoms with E-state index in [1.807, 2.05) is 63.2 Å². The van der Waals surface area contributed by atoms with Crippen LogP contribution in [0.1, 0.15) is 75.6 Å². The molecular formula is C30H37N3O4S. The van der Waals surface area contributed by atoms with E-state index in [-0.39, 0.29) is 29.7 Å². The van der Waals surface area contributed by atoms with Crippen LogP contribution in [0.25, 0.3) is 0 Å². The first-order valence-electron chi connectivity index (χ1n) is 13.5. The third kappa shape index (κ3) is 6.84. The Hall–Kier alpha value is -3.13. The predicted octanol–water partition coefficient (Wildman–Crippen LogP) is 5.18. The van der Waals surface area contributed by atoms with Gasteiger partial charge in [0.1, 0.15) is 10.4 Å².